The van der Waals surface area contributed by atoms with E-state index in [4.69, 9.17) is 10.9 Å². The third-order valence-electron chi connectivity index (χ3n) is 2.45. The molecule has 1 amide bonds. The molecule has 0 rings (SSSR count). The lowest BCUT2D eigenvalue weighted by Gasteiger charge is -2.14. The third kappa shape index (κ3) is 5.58. The molecule has 0 aliphatic heterocycles. The van der Waals surface area contributed by atoms with Gasteiger partial charge in [-0.1, -0.05) is 38.3 Å². The number of amides is 1. The summed E-state index contributed by atoms with van der Waals surface area (Å²) in [7, 11) is 0. The van der Waals surface area contributed by atoms with E-state index in [2.05, 4.69) is 17.4 Å². The van der Waals surface area contributed by atoms with Crippen LogP contribution in [0.1, 0.15) is 46.0 Å². The van der Waals surface area contributed by atoms with Crippen molar-refractivity contribution >= 4 is 11.7 Å². The van der Waals surface area contributed by atoms with E-state index in [1.54, 1.807) is 0 Å². The first-order chi connectivity index (χ1) is 7.67. The van der Waals surface area contributed by atoms with Crippen LogP contribution in [-0.2, 0) is 4.79 Å². The van der Waals surface area contributed by atoms with Crippen molar-refractivity contribution in [2.45, 2.75) is 46.0 Å². The Morgan fingerprint density at radius 3 is 2.56 bits per heavy atom. The molecular formula is C11H23N3O2. The number of rotatable bonds is 8. The van der Waals surface area contributed by atoms with Gasteiger partial charge in [0, 0.05) is 6.54 Å². The van der Waals surface area contributed by atoms with Crippen LogP contribution in [0.5, 0.6) is 0 Å². The van der Waals surface area contributed by atoms with Crippen LogP contribution >= 0.6 is 0 Å². The second-order valence-corrected chi connectivity index (χ2v) is 3.86. The molecule has 0 saturated heterocycles. The maximum Gasteiger partial charge on any atom is 0.230 e. The normalized spacial score (nSPS) is 13.5. The molecule has 5 nitrogen and oxygen atoms in total. The summed E-state index contributed by atoms with van der Waals surface area (Å²) in [6, 6.07) is 0. The summed E-state index contributed by atoms with van der Waals surface area (Å²) in [5.41, 5.74) is 5.47. The summed E-state index contributed by atoms with van der Waals surface area (Å²) in [5.74, 6) is -0.653. The first-order valence-electron chi connectivity index (χ1n) is 5.92. The lowest BCUT2D eigenvalue weighted by Crippen LogP contribution is -2.39. The van der Waals surface area contributed by atoms with Crippen molar-refractivity contribution in [2.24, 2.45) is 16.8 Å². The molecule has 0 bridgehead atoms. The summed E-state index contributed by atoms with van der Waals surface area (Å²) in [4.78, 5) is 11.7. The molecule has 5 heteroatoms. The van der Waals surface area contributed by atoms with E-state index in [1.807, 2.05) is 6.92 Å². The Hall–Kier alpha value is -1.26. The molecule has 0 fully saturated rings. The lowest BCUT2D eigenvalue weighted by atomic mass is 10.0. The highest BCUT2D eigenvalue weighted by atomic mass is 16.4. The van der Waals surface area contributed by atoms with Crippen LogP contribution in [0.2, 0.25) is 0 Å². The molecule has 0 aromatic rings. The van der Waals surface area contributed by atoms with Gasteiger partial charge in [-0.2, -0.15) is 0 Å². The molecule has 0 saturated carbocycles. The van der Waals surface area contributed by atoms with E-state index in [0.717, 1.165) is 25.7 Å². The Labute approximate surface area is 97.1 Å². The third-order valence-corrected chi connectivity index (χ3v) is 2.45. The fraction of sp³-hybridized carbons (Fsp3) is 0.818. The van der Waals surface area contributed by atoms with Crippen LogP contribution in [0, 0.1) is 5.92 Å². The minimum atomic E-state index is -0.503. The average molecular weight is 229 g/mol. The van der Waals surface area contributed by atoms with Crippen molar-refractivity contribution in [3.05, 3.63) is 0 Å². The zero-order valence-corrected chi connectivity index (χ0v) is 10.2. The second kappa shape index (κ2) is 9.00. The quantitative estimate of drug-likeness (QED) is 0.193. The fourth-order valence-corrected chi connectivity index (χ4v) is 1.48. The first-order valence-corrected chi connectivity index (χ1v) is 5.92. The predicted octanol–water partition coefficient (Wildman–Crippen LogP) is 1.46. The molecule has 0 spiro atoms. The molecule has 94 valence electrons. The average Bonchev–Trinajstić information content (AvgIpc) is 2.30. The molecule has 0 aliphatic carbocycles. The number of hydrogen-bond donors (Lipinski definition) is 3. The zero-order chi connectivity index (χ0) is 12.4. The summed E-state index contributed by atoms with van der Waals surface area (Å²) >= 11 is 0. The van der Waals surface area contributed by atoms with Crippen molar-refractivity contribution in [1.82, 2.24) is 5.32 Å². The molecular weight excluding hydrogens is 206 g/mol. The highest BCUT2D eigenvalue weighted by Crippen LogP contribution is 2.06. The van der Waals surface area contributed by atoms with E-state index < -0.39 is 5.92 Å². The van der Waals surface area contributed by atoms with Gasteiger partial charge in [0.2, 0.25) is 5.91 Å². The van der Waals surface area contributed by atoms with Crippen molar-refractivity contribution in [3.63, 3.8) is 0 Å². The summed E-state index contributed by atoms with van der Waals surface area (Å²) in [6.45, 7) is 4.73. The SMILES string of the molecule is CCCCCNC(=O)C(CCC)C(N)=NO. The topological polar surface area (TPSA) is 87.7 Å². The van der Waals surface area contributed by atoms with Gasteiger partial charge >= 0.3 is 0 Å². The van der Waals surface area contributed by atoms with Gasteiger partial charge in [0.05, 0.1) is 5.92 Å². The number of unbranched alkanes of at least 4 members (excludes halogenated alkanes) is 2. The predicted molar refractivity (Wildman–Crippen MR) is 64.3 cm³/mol. The molecule has 0 aliphatic rings. The van der Waals surface area contributed by atoms with Gasteiger partial charge in [-0.05, 0) is 12.8 Å². The van der Waals surface area contributed by atoms with Crippen LogP contribution in [0.15, 0.2) is 5.16 Å². The van der Waals surface area contributed by atoms with Gasteiger partial charge in [-0.3, -0.25) is 4.79 Å². The highest BCUT2D eigenvalue weighted by molar-refractivity contribution is 6.01. The van der Waals surface area contributed by atoms with Gasteiger partial charge in [0.1, 0.15) is 0 Å². The van der Waals surface area contributed by atoms with Gasteiger partial charge in [-0.15, -0.1) is 0 Å². The maximum atomic E-state index is 11.7. The van der Waals surface area contributed by atoms with Crippen molar-refractivity contribution in [1.29, 1.82) is 0 Å². The number of amidine groups is 1. The first kappa shape index (κ1) is 14.7. The van der Waals surface area contributed by atoms with Crippen molar-refractivity contribution in [3.8, 4) is 0 Å². The lowest BCUT2D eigenvalue weighted by molar-refractivity contribution is -0.123. The summed E-state index contributed by atoms with van der Waals surface area (Å²) in [6.07, 6.45) is 4.62. The smallest absolute Gasteiger partial charge is 0.230 e. The highest BCUT2D eigenvalue weighted by Gasteiger charge is 2.21. The van der Waals surface area contributed by atoms with Crippen LogP contribution < -0.4 is 11.1 Å². The minimum Gasteiger partial charge on any atom is -0.409 e. The molecule has 0 radical (unpaired) electrons. The number of nitrogens with two attached hydrogens (primary N) is 1. The molecule has 0 aromatic heterocycles. The Morgan fingerprint density at radius 2 is 2.06 bits per heavy atom. The Kier molecular flexibility index (Phi) is 8.29. The van der Waals surface area contributed by atoms with E-state index >= 15 is 0 Å². The number of carbonyl (C=O) groups is 1. The van der Waals surface area contributed by atoms with Gasteiger partial charge in [-0.25, -0.2) is 0 Å². The maximum absolute atomic E-state index is 11.7. The van der Waals surface area contributed by atoms with E-state index in [9.17, 15) is 4.79 Å². The van der Waals surface area contributed by atoms with Crippen LogP contribution in [0.25, 0.3) is 0 Å². The van der Waals surface area contributed by atoms with Crippen LogP contribution in [0.3, 0.4) is 0 Å². The summed E-state index contributed by atoms with van der Waals surface area (Å²) in [5, 5.41) is 14.3. The molecule has 16 heavy (non-hydrogen) atoms. The summed E-state index contributed by atoms with van der Waals surface area (Å²) < 4.78 is 0. The number of carbonyl (C=O) groups excluding carboxylic acids is 1. The van der Waals surface area contributed by atoms with E-state index in [1.165, 1.54) is 0 Å². The van der Waals surface area contributed by atoms with Gasteiger partial charge < -0.3 is 16.3 Å². The molecule has 1 atom stereocenters. The minimum absolute atomic E-state index is 0.00478. The van der Waals surface area contributed by atoms with Crippen molar-refractivity contribution in [2.75, 3.05) is 6.54 Å². The standard InChI is InChI=1S/C11H23N3O2/c1-3-5-6-8-13-11(15)9(7-4-2)10(12)14-16/h9,16H,3-8H2,1-2H3,(H2,12,14)(H,13,15). The molecule has 1 unspecified atom stereocenters. The zero-order valence-electron chi connectivity index (χ0n) is 10.2. The fourth-order valence-electron chi connectivity index (χ4n) is 1.48. The number of oxime groups is 1. The Bertz CT molecular complexity index is 229. The number of nitrogens with zero attached hydrogens (tertiary/aromatic N) is 1. The Morgan fingerprint density at radius 1 is 1.38 bits per heavy atom. The second-order valence-electron chi connectivity index (χ2n) is 3.86. The molecule has 4 N–H and O–H groups in total. The number of nitrogens with one attached hydrogen (secondary N) is 1. The van der Waals surface area contributed by atoms with Crippen LogP contribution in [-0.4, -0.2) is 23.5 Å². The van der Waals surface area contributed by atoms with Gasteiger partial charge in [0.25, 0.3) is 0 Å². The van der Waals surface area contributed by atoms with E-state index in [-0.39, 0.29) is 11.7 Å². The van der Waals surface area contributed by atoms with Crippen LogP contribution in [0.4, 0.5) is 0 Å². The largest absolute Gasteiger partial charge is 0.409 e. The number of hydrogen-bond acceptors (Lipinski definition) is 3. The Balaban J connectivity index is 4.07. The van der Waals surface area contributed by atoms with Gasteiger partial charge in [0.15, 0.2) is 5.84 Å². The van der Waals surface area contributed by atoms with E-state index in [0.29, 0.717) is 13.0 Å². The van der Waals surface area contributed by atoms with Crippen molar-refractivity contribution < 1.29 is 10.0 Å². The monoisotopic (exact) mass is 229 g/mol. The molecule has 0 heterocycles. The molecule has 0 aromatic carbocycles.